The average molecular weight is 249 g/mol. The van der Waals surface area contributed by atoms with Crippen LogP contribution in [0.4, 0.5) is 0 Å². The fourth-order valence-electron chi connectivity index (χ4n) is 2.66. The van der Waals surface area contributed by atoms with Gasteiger partial charge in [-0.25, -0.2) is 0 Å². The summed E-state index contributed by atoms with van der Waals surface area (Å²) in [5.41, 5.74) is 7.27. The Bertz CT molecular complexity index is 397. The summed E-state index contributed by atoms with van der Waals surface area (Å²) in [6.07, 6.45) is 4.90. The topological polar surface area (TPSA) is 44.5 Å². The molecule has 3 nitrogen and oxygen atoms in total. The molecule has 1 aromatic rings. The second-order valence-corrected chi connectivity index (χ2v) is 5.35. The quantitative estimate of drug-likeness (QED) is 0.872. The van der Waals surface area contributed by atoms with Gasteiger partial charge in [0, 0.05) is 12.0 Å². The lowest BCUT2D eigenvalue weighted by Crippen LogP contribution is -2.33. The van der Waals surface area contributed by atoms with Crippen LogP contribution in [0.15, 0.2) is 18.2 Å². The minimum atomic E-state index is 0.176. The Kier molecular flexibility index (Phi) is 4.12. The van der Waals surface area contributed by atoms with Gasteiger partial charge in [0.15, 0.2) is 11.5 Å². The number of benzene rings is 1. The number of methoxy groups -OCH3 is 1. The largest absolute Gasteiger partial charge is 0.493 e. The van der Waals surface area contributed by atoms with Crippen LogP contribution in [0.1, 0.15) is 31.2 Å². The van der Waals surface area contributed by atoms with Gasteiger partial charge in [-0.3, -0.25) is 0 Å². The molecule has 0 spiro atoms. The Morgan fingerprint density at radius 1 is 1.22 bits per heavy atom. The summed E-state index contributed by atoms with van der Waals surface area (Å²) < 4.78 is 11.3. The van der Waals surface area contributed by atoms with Gasteiger partial charge < -0.3 is 15.2 Å². The monoisotopic (exact) mass is 249 g/mol. The van der Waals surface area contributed by atoms with Gasteiger partial charge >= 0.3 is 0 Å². The van der Waals surface area contributed by atoms with Crippen molar-refractivity contribution in [1.29, 1.82) is 0 Å². The van der Waals surface area contributed by atoms with E-state index in [1.54, 1.807) is 7.11 Å². The molecular weight excluding hydrogens is 226 g/mol. The molecule has 0 heterocycles. The molecule has 0 amide bonds. The fourth-order valence-corrected chi connectivity index (χ4v) is 2.66. The van der Waals surface area contributed by atoms with Gasteiger partial charge in [-0.2, -0.15) is 0 Å². The van der Waals surface area contributed by atoms with Crippen LogP contribution in [0, 0.1) is 12.3 Å². The third-order valence-electron chi connectivity index (χ3n) is 3.95. The van der Waals surface area contributed by atoms with Gasteiger partial charge in [0.25, 0.3) is 0 Å². The van der Waals surface area contributed by atoms with Gasteiger partial charge in [-0.15, -0.1) is 0 Å². The predicted octanol–water partition coefficient (Wildman–Crippen LogP) is 2.90. The highest BCUT2D eigenvalue weighted by Gasteiger charge is 2.33. The summed E-state index contributed by atoms with van der Waals surface area (Å²) in [6.45, 7) is 3.45. The molecule has 1 aromatic carbocycles. The summed E-state index contributed by atoms with van der Waals surface area (Å²) in [6, 6.07) is 6.02. The molecule has 1 aliphatic carbocycles. The van der Waals surface area contributed by atoms with E-state index >= 15 is 0 Å². The van der Waals surface area contributed by atoms with E-state index in [0.29, 0.717) is 13.2 Å². The molecule has 0 bridgehead atoms. The number of aryl methyl sites for hydroxylation is 1. The minimum absolute atomic E-state index is 0.176. The minimum Gasteiger partial charge on any atom is -0.493 e. The SMILES string of the molecule is COc1cc(C)ccc1OCC1(CN)CCCC1. The highest BCUT2D eigenvalue weighted by Crippen LogP contribution is 2.38. The van der Waals surface area contributed by atoms with Gasteiger partial charge in [-0.05, 0) is 37.5 Å². The molecule has 2 rings (SSSR count). The van der Waals surface area contributed by atoms with Crippen molar-refractivity contribution < 1.29 is 9.47 Å². The number of nitrogens with two attached hydrogens (primary N) is 1. The van der Waals surface area contributed by atoms with Crippen LogP contribution >= 0.6 is 0 Å². The van der Waals surface area contributed by atoms with Crippen molar-refractivity contribution in [2.75, 3.05) is 20.3 Å². The maximum Gasteiger partial charge on any atom is 0.161 e. The Balaban J connectivity index is 2.05. The standard InChI is InChI=1S/C15H23NO2/c1-12-5-6-13(14(9-12)17-2)18-11-15(10-16)7-3-4-8-15/h5-6,9H,3-4,7-8,10-11,16H2,1-2H3. The number of ether oxygens (including phenoxy) is 2. The Labute approximate surface area is 109 Å². The third-order valence-corrected chi connectivity index (χ3v) is 3.95. The van der Waals surface area contributed by atoms with Crippen LogP contribution in [0.25, 0.3) is 0 Å². The molecule has 0 saturated heterocycles. The lowest BCUT2D eigenvalue weighted by atomic mass is 9.87. The highest BCUT2D eigenvalue weighted by molar-refractivity contribution is 5.42. The number of rotatable bonds is 5. The second kappa shape index (κ2) is 5.61. The number of hydrogen-bond acceptors (Lipinski definition) is 3. The maximum atomic E-state index is 5.96. The van der Waals surface area contributed by atoms with Crippen molar-refractivity contribution in [3.05, 3.63) is 23.8 Å². The van der Waals surface area contributed by atoms with Crippen molar-refractivity contribution in [2.45, 2.75) is 32.6 Å². The molecule has 2 N–H and O–H groups in total. The molecule has 1 fully saturated rings. The molecule has 0 atom stereocenters. The maximum absolute atomic E-state index is 5.96. The fraction of sp³-hybridized carbons (Fsp3) is 0.600. The van der Waals surface area contributed by atoms with Crippen LogP contribution in [-0.4, -0.2) is 20.3 Å². The van der Waals surface area contributed by atoms with Crippen LogP contribution in [0.3, 0.4) is 0 Å². The lowest BCUT2D eigenvalue weighted by Gasteiger charge is -2.27. The van der Waals surface area contributed by atoms with E-state index in [2.05, 4.69) is 0 Å². The van der Waals surface area contributed by atoms with Gasteiger partial charge in [-0.1, -0.05) is 18.9 Å². The van der Waals surface area contributed by atoms with Gasteiger partial charge in [0.1, 0.15) is 0 Å². The summed E-state index contributed by atoms with van der Waals surface area (Å²) in [5.74, 6) is 1.63. The second-order valence-electron chi connectivity index (χ2n) is 5.35. The summed E-state index contributed by atoms with van der Waals surface area (Å²) in [4.78, 5) is 0. The normalized spacial score (nSPS) is 17.7. The predicted molar refractivity (Wildman–Crippen MR) is 73.2 cm³/mol. The van der Waals surface area contributed by atoms with E-state index in [4.69, 9.17) is 15.2 Å². The van der Waals surface area contributed by atoms with Crippen molar-refractivity contribution in [3.8, 4) is 11.5 Å². The molecule has 18 heavy (non-hydrogen) atoms. The molecule has 100 valence electrons. The van der Waals surface area contributed by atoms with E-state index in [0.717, 1.165) is 11.5 Å². The zero-order chi connectivity index (χ0) is 13.0. The third kappa shape index (κ3) is 2.78. The van der Waals surface area contributed by atoms with E-state index in [1.807, 2.05) is 25.1 Å². The summed E-state index contributed by atoms with van der Waals surface area (Å²) >= 11 is 0. The van der Waals surface area contributed by atoms with Crippen molar-refractivity contribution in [2.24, 2.45) is 11.1 Å². The van der Waals surface area contributed by atoms with Crippen LogP contribution in [0.5, 0.6) is 11.5 Å². The van der Waals surface area contributed by atoms with Gasteiger partial charge in [0.05, 0.1) is 13.7 Å². The molecule has 0 unspecified atom stereocenters. The summed E-state index contributed by atoms with van der Waals surface area (Å²) in [5, 5.41) is 0. The van der Waals surface area contributed by atoms with E-state index in [1.165, 1.54) is 31.2 Å². The number of hydrogen-bond donors (Lipinski definition) is 1. The molecule has 1 saturated carbocycles. The Morgan fingerprint density at radius 2 is 1.94 bits per heavy atom. The first-order chi connectivity index (χ1) is 8.69. The van der Waals surface area contributed by atoms with Crippen molar-refractivity contribution in [1.82, 2.24) is 0 Å². The Morgan fingerprint density at radius 3 is 2.56 bits per heavy atom. The van der Waals surface area contributed by atoms with E-state index in [-0.39, 0.29) is 5.41 Å². The van der Waals surface area contributed by atoms with E-state index in [9.17, 15) is 0 Å². The first-order valence-electron chi connectivity index (χ1n) is 6.67. The van der Waals surface area contributed by atoms with E-state index < -0.39 is 0 Å². The lowest BCUT2D eigenvalue weighted by molar-refractivity contribution is 0.153. The average Bonchev–Trinajstić information content (AvgIpc) is 2.86. The smallest absolute Gasteiger partial charge is 0.161 e. The zero-order valence-corrected chi connectivity index (χ0v) is 11.4. The van der Waals surface area contributed by atoms with Crippen LogP contribution in [-0.2, 0) is 0 Å². The first kappa shape index (κ1) is 13.2. The zero-order valence-electron chi connectivity index (χ0n) is 11.4. The first-order valence-corrected chi connectivity index (χ1v) is 6.67. The summed E-state index contributed by atoms with van der Waals surface area (Å²) in [7, 11) is 1.68. The molecule has 0 aromatic heterocycles. The molecule has 3 heteroatoms. The molecule has 0 aliphatic heterocycles. The Hall–Kier alpha value is -1.22. The highest BCUT2D eigenvalue weighted by atomic mass is 16.5. The van der Waals surface area contributed by atoms with Crippen LogP contribution < -0.4 is 15.2 Å². The van der Waals surface area contributed by atoms with Crippen molar-refractivity contribution in [3.63, 3.8) is 0 Å². The molecular formula is C15H23NO2. The molecule has 0 radical (unpaired) electrons. The molecule has 1 aliphatic rings. The van der Waals surface area contributed by atoms with Gasteiger partial charge in [0.2, 0.25) is 0 Å². The van der Waals surface area contributed by atoms with Crippen molar-refractivity contribution >= 4 is 0 Å². The van der Waals surface area contributed by atoms with Crippen LogP contribution in [0.2, 0.25) is 0 Å².